The first-order valence-electron chi connectivity index (χ1n) is 5.51. The average molecular weight is 271 g/mol. The molecule has 0 spiro atoms. The second kappa shape index (κ2) is 4.93. The standard InChI is InChI=1S/C12H12F3N3O/c13-12(14,15)10(19)6-18-11-7-3-1-2-4-9(7)17-5-8(11)16/h1-5,10,19H,6,16H2,(H,17,18). The lowest BCUT2D eigenvalue weighted by molar-refractivity contribution is -0.198. The fraction of sp³-hybridized carbons (Fsp3) is 0.250. The van der Waals surface area contributed by atoms with Crippen LogP contribution < -0.4 is 11.1 Å². The molecule has 0 saturated carbocycles. The van der Waals surface area contributed by atoms with Gasteiger partial charge in [-0.05, 0) is 6.07 Å². The largest absolute Gasteiger partial charge is 0.416 e. The number of aliphatic hydroxyl groups is 1. The van der Waals surface area contributed by atoms with E-state index in [1.165, 1.54) is 6.20 Å². The second-order valence-corrected chi connectivity index (χ2v) is 4.04. The monoisotopic (exact) mass is 271 g/mol. The number of rotatable bonds is 3. The van der Waals surface area contributed by atoms with Crippen molar-refractivity contribution >= 4 is 22.3 Å². The number of aromatic nitrogens is 1. The highest BCUT2D eigenvalue weighted by molar-refractivity contribution is 5.96. The van der Waals surface area contributed by atoms with Gasteiger partial charge in [0.15, 0.2) is 6.10 Å². The Morgan fingerprint density at radius 2 is 2.00 bits per heavy atom. The molecule has 0 amide bonds. The van der Waals surface area contributed by atoms with Crippen molar-refractivity contribution in [2.75, 3.05) is 17.6 Å². The Hall–Kier alpha value is -2.02. The molecular weight excluding hydrogens is 259 g/mol. The molecule has 4 nitrogen and oxygen atoms in total. The van der Waals surface area contributed by atoms with Crippen molar-refractivity contribution in [3.05, 3.63) is 30.5 Å². The van der Waals surface area contributed by atoms with E-state index in [-0.39, 0.29) is 5.69 Å². The van der Waals surface area contributed by atoms with Gasteiger partial charge in [-0.2, -0.15) is 13.2 Å². The Labute approximate surface area is 107 Å². The van der Waals surface area contributed by atoms with Crippen LogP contribution in [0.2, 0.25) is 0 Å². The molecule has 1 aromatic heterocycles. The molecule has 0 saturated heterocycles. The van der Waals surface area contributed by atoms with E-state index in [0.29, 0.717) is 16.6 Å². The third-order valence-corrected chi connectivity index (χ3v) is 2.65. The first-order valence-corrected chi connectivity index (χ1v) is 5.51. The Balaban J connectivity index is 2.27. The van der Waals surface area contributed by atoms with E-state index in [9.17, 15) is 13.2 Å². The highest BCUT2D eigenvalue weighted by Crippen LogP contribution is 2.28. The van der Waals surface area contributed by atoms with Crippen LogP contribution in [0, 0.1) is 0 Å². The fourth-order valence-corrected chi connectivity index (χ4v) is 1.67. The highest BCUT2D eigenvalue weighted by Gasteiger charge is 2.37. The van der Waals surface area contributed by atoms with E-state index in [1.54, 1.807) is 24.3 Å². The van der Waals surface area contributed by atoms with Crippen LogP contribution in [-0.4, -0.2) is 28.9 Å². The van der Waals surface area contributed by atoms with Crippen LogP contribution >= 0.6 is 0 Å². The number of hydrogen-bond donors (Lipinski definition) is 3. The minimum Gasteiger partial charge on any atom is -0.396 e. The van der Waals surface area contributed by atoms with Crippen molar-refractivity contribution in [1.82, 2.24) is 4.98 Å². The van der Waals surface area contributed by atoms with Crippen LogP contribution in [0.5, 0.6) is 0 Å². The van der Waals surface area contributed by atoms with E-state index < -0.39 is 18.8 Å². The van der Waals surface area contributed by atoms with Gasteiger partial charge in [0.1, 0.15) is 0 Å². The quantitative estimate of drug-likeness (QED) is 0.800. The van der Waals surface area contributed by atoms with Crippen LogP contribution in [0.25, 0.3) is 10.9 Å². The maximum Gasteiger partial charge on any atom is 0.416 e. The second-order valence-electron chi connectivity index (χ2n) is 4.04. The molecule has 0 aliphatic carbocycles. The normalized spacial score (nSPS) is 13.5. The number of pyridine rings is 1. The number of nitrogens with one attached hydrogen (secondary N) is 1. The number of halogens is 3. The van der Waals surface area contributed by atoms with Crippen molar-refractivity contribution < 1.29 is 18.3 Å². The third-order valence-electron chi connectivity index (χ3n) is 2.65. The van der Waals surface area contributed by atoms with Crippen LogP contribution in [0.1, 0.15) is 0 Å². The molecule has 0 fully saturated rings. The number of fused-ring (bicyclic) bond motifs is 1. The summed E-state index contributed by atoms with van der Waals surface area (Å²) in [4.78, 5) is 4.07. The maximum absolute atomic E-state index is 12.2. The summed E-state index contributed by atoms with van der Waals surface area (Å²) in [5, 5.41) is 12.1. The zero-order valence-corrected chi connectivity index (χ0v) is 9.78. The van der Waals surface area contributed by atoms with E-state index in [0.717, 1.165) is 0 Å². The summed E-state index contributed by atoms with van der Waals surface area (Å²) in [6.07, 6.45) is -5.74. The number of para-hydroxylation sites is 1. The first-order chi connectivity index (χ1) is 8.89. The average Bonchev–Trinajstić information content (AvgIpc) is 2.36. The number of alkyl halides is 3. The lowest BCUT2D eigenvalue weighted by atomic mass is 10.1. The van der Waals surface area contributed by atoms with Gasteiger partial charge >= 0.3 is 6.18 Å². The maximum atomic E-state index is 12.2. The van der Waals surface area contributed by atoms with Gasteiger partial charge in [0.05, 0.1) is 23.1 Å². The first kappa shape index (κ1) is 13.4. The summed E-state index contributed by atoms with van der Waals surface area (Å²) in [7, 11) is 0. The summed E-state index contributed by atoms with van der Waals surface area (Å²) >= 11 is 0. The topological polar surface area (TPSA) is 71.2 Å². The summed E-state index contributed by atoms with van der Waals surface area (Å²) in [5.41, 5.74) is 6.88. The fourth-order valence-electron chi connectivity index (χ4n) is 1.67. The molecule has 19 heavy (non-hydrogen) atoms. The van der Waals surface area contributed by atoms with Gasteiger partial charge in [0, 0.05) is 11.9 Å². The van der Waals surface area contributed by atoms with Crippen molar-refractivity contribution in [2.24, 2.45) is 0 Å². The smallest absolute Gasteiger partial charge is 0.396 e. The molecule has 1 atom stereocenters. The van der Waals surface area contributed by atoms with Gasteiger partial charge in [-0.15, -0.1) is 0 Å². The van der Waals surface area contributed by atoms with Crippen molar-refractivity contribution in [2.45, 2.75) is 12.3 Å². The van der Waals surface area contributed by atoms with Crippen LogP contribution in [-0.2, 0) is 0 Å². The molecule has 4 N–H and O–H groups in total. The number of benzene rings is 1. The molecule has 1 aromatic carbocycles. The molecule has 2 aromatic rings. The lowest BCUT2D eigenvalue weighted by Gasteiger charge is -2.17. The van der Waals surface area contributed by atoms with Crippen LogP contribution in [0.3, 0.4) is 0 Å². The predicted octanol–water partition coefficient (Wildman–Crippen LogP) is 2.15. The molecule has 0 aliphatic heterocycles. The molecule has 102 valence electrons. The zero-order chi connectivity index (χ0) is 14.0. The van der Waals surface area contributed by atoms with Gasteiger partial charge in [-0.25, -0.2) is 0 Å². The Bertz CT molecular complexity index is 586. The molecule has 2 rings (SSSR count). The number of aliphatic hydroxyl groups excluding tert-OH is 1. The summed E-state index contributed by atoms with van der Waals surface area (Å²) in [6.45, 7) is -0.665. The van der Waals surface area contributed by atoms with E-state index in [2.05, 4.69) is 10.3 Å². The van der Waals surface area contributed by atoms with Gasteiger partial charge in [-0.1, -0.05) is 18.2 Å². The summed E-state index contributed by atoms with van der Waals surface area (Å²) < 4.78 is 36.7. The lowest BCUT2D eigenvalue weighted by Crippen LogP contribution is -2.35. The molecule has 7 heteroatoms. The van der Waals surface area contributed by atoms with Crippen molar-refractivity contribution in [1.29, 1.82) is 0 Å². The van der Waals surface area contributed by atoms with E-state index in [4.69, 9.17) is 10.8 Å². The molecule has 1 heterocycles. The minimum atomic E-state index is -4.66. The van der Waals surface area contributed by atoms with Crippen molar-refractivity contribution in [3.8, 4) is 0 Å². The Kier molecular flexibility index (Phi) is 3.48. The molecular formula is C12H12F3N3O. The minimum absolute atomic E-state index is 0.230. The highest BCUT2D eigenvalue weighted by atomic mass is 19.4. The van der Waals surface area contributed by atoms with Crippen LogP contribution in [0.4, 0.5) is 24.5 Å². The summed E-state index contributed by atoms with van der Waals surface area (Å²) in [6, 6.07) is 6.91. The zero-order valence-electron chi connectivity index (χ0n) is 9.78. The number of nitrogens with two attached hydrogens (primary N) is 1. The number of hydrogen-bond acceptors (Lipinski definition) is 4. The van der Waals surface area contributed by atoms with Gasteiger partial charge in [0.25, 0.3) is 0 Å². The third kappa shape index (κ3) is 2.87. The van der Waals surface area contributed by atoms with Gasteiger partial charge in [0.2, 0.25) is 0 Å². The van der Waals surface area contributed by atoms with Gasteiger partial charge in [-0.3, -0.25) is 4.98 Å². The van der Waals surface area contributed by atoms with Crippen LogP contribution in [0.15, 0.2) is 30.5 Å². The predicted molar refractivity (Wildman–Crippen MR) is 66.7 cm³/mol. The number of nitrogens with zero attached hydrogens (tertiary/aromatic N) is 1. The molecule has 0 aliphatic rings. The summed E-state index contributed by atoms with van der Waals surface area (Å²) in [5.74, 6) is 0. The number of anilines is 2. The van der Waals surface area contributed by atoms with E-state index in [1.807, 2.05) is 0 Å². The molecule has 0 radical (unpaired) electrons. The Morgan fingerprint density at radius 3 is 2.68 bits per heavy atom. The SMILES string of the molecule is Nc1cnc2ccccc2c1NCC(O)C(F)(F)F. The molecule has 0 bridgehead atoms. The Morgan fingerprint density at radius 1 is 1.32 bits per heavy atom. The number of nitrogen functional groups attached to an aromatic ring is 1. The molecule has 1 unspecified atom stereocenters. The van der Waals surface area contributed by atoms with E-state index >= 15 is 0 Å². The van der Waals surface area contributed by atoms with Crippen molar-refractivity contribution in [3.63, 3.8) is 0 Å². The van der Waals surface area contributed by atoms with Gasteiger partial charge < -0.3 is 16.2 Å².